The number of fused-ring (bicyclic) bond motifs is 1. The fourth-order valence-electron chi connectivity index (χ4n) is 4.62. The Balaban J connectivity index is 1.47. The normalized spacial score (nSPS) is 21.9. The van der Waals surface area contributed by atoms with Gasteiger partial charge in [0, 0.05) is 24.6 Å². The third-order valence-corrected chi connectivity index (χ3v) is 7.46. The quantitative estimate of drug-likeness (QED) is 0.572. The van der Waals surface area contributed by atoms with E-state index in [2.05, 4.69) is 15.4 Å². The number of H-pyrrole nitrogens is 1. The lowest BCUT2D eigenvalue weighted by atomic mass is 9.94. The maximum Gasteiger partial charge on any atom is 0.270 e. The van der Waals surface area contributed by atoms with Crippen LogP contribution in [-0.2, 0) is 16.1 Å². The van der Waals surface area contributed by atoms with E-state index in [9.17, 15) is 9.59 Å². The van der Waals surface area contributed by atoms with E-state index in [0.717, 1.165) is 24.0 Å². The summed E-state index contributed by atoms with van der Waals surface area (Å²) in [4.78, 5) is 29.9. The highest BCUT2D eigenvalue weighted by atomic mass is 32.2. The summed E-state index contributed by atoms with van der Waals surface area (Å²) in [5.41, 5.74) is 1.99. The van der Waals surface area contributed by atoms with Crippen molar-refractivity contribution in [2.45, 2.75) is 50.2 Å². The van der Waals surface area contributed by atoms with E-state index >= 15 is 0 Å². The van der Waals surface area contributed by atoms with Gasteiger partial charge >= 0.3 is 0 Å². The van der Waals surface area contributed by atoms with Gasteiger partial charge in [-0.05, 0) is 50.5 Å². The van der Waals surface area contributed by atoms with Crippen LogP contribution in [0.25, 0.3) is 0 Å². The zero-order valence-corrected chi connectivity index (χ0v) is 20.1. The van der Waals surface area contributed by atoms with Gasteiger partial charge in [-0.15, -0.1) is 11.8 Å². The van der Waals surface area contributed by atoms with E-state index in [-0.39, 0.29) is 34.1 Å². The lowest BCUT2D eigenvalue weighted by Gasteiger charge is -2.36. The zero-order valence-electron chi connectivity index (χ0n) is 19.2. The van der Waals surface area contributed by atoms with Gasteiger partial charge < -0.3 is 14.8 Å². The number of carbonyl (C=O) groups is 1. The summed E-state index contributed by atoms with van der Waals surface area (Å²) in [6, 6.07) is 11.6. The highest BCUT2D eigenvalue weighted by Crippen LogP contribution is 2.42. The second-order valence-corrected chi connectivity index (χ2v) is 10.4. The maximum atomic E-state index is 13.2. The monoisotopic (exact) mass is 480 g/mol. The van der Waals surface area contributed by atoms with E-state index in [0.29, 0.717) is 30.3 Å². The van der Waals surface area contributed by atoms with Gasteiger partial charge in [0.15, 0.2) is 0 Å². The first-order valence-corrected chi connectivity index (χ1v) is 12.5. The summed E-state index contributed by atoms with van der Waals surface area (Å²) in [7, 11) is 0. The van der Waals surface area contributed by atoms with Crippen LogP contribution in [0.1, 0.15) is 54.7 Å². The highest BCUT2D eigenvalue weighted by Gasteiger charge is 2.36. The Bertz CT molecular complexity index is 1240. The average Bonchev–Trinajstić information content (AvgIpc) is 3.03. The summed E-state index contributed by atoms with van der Waals surface area (Å²) in [5, 5.41) is 5.70. The number of ether oxygens (including phenoxy) is 2. The van der Waals surface area contributed by atoms with Crippen LogP contribution in [0, 0.1) is 0 Å². The SMILES string of the molecule is CC1(C)C[C@@H](n2[nH]c(=O)c3c2NC(=O)CS[C@@H]3c2cccc(OCc3cccnc3)c2)CCO1. The Morgan fingerprint density at radius 3 is 2.94 bits per heavy atom. The van der Waals surface area contributed by atoms with Gasteiger partial charge in [-0.25, -0.2) is 0 Å². The molecule has 0 spiro atoms. The number of hydrogen-bond donors (Lipinski definition) is 2. The average molecular weight is 481 g/mol. The fourth-order valence-corrected chi connectivity index (χ4v) is 5.73. The number of hydrogen-bond acceptors (Lipinski definition) is 6. The number of amides is 1. The van der Waals surface area contributed by atoms with Gasteiger partial charge in [0.05, 0.1) is 28.2 Å². The number of carbonyl (C=O) groups excluding carboxylic acids is 1. The second kappa shape index (κ2) is 9.31. The molecule has 0 unspecified atom stereocenters. The van der Waals surface area contributed by atoms with E-state index in [1.165, 1.54) is 11.8 Å². The fraction of sp³-hybridized carbons (Fsp3) is 0.400. The molecule has 2 aliphatic rings. The molecular formula is C25H28N4O4S. The molecule has 2 aliphatic heterocycles. The Kier molecular flexibility index (Phi) is 6.22. The lowest BCUT2D eigenvalue weighted by Crippen LogP contribution is -2.36. The van der Waals surface area contributed by atoms with Gasteiger partial charge in [-0.2, -0.15) is 0 Å². The minimum absolute atomic E-state index is 0.0402. The predicted octanol–water partition coefficient (Wildman–Crippen LogP) is 4.06. The molecule has 178 valence electrons. The standard InChI is InChI=1S/C25H28N4O4S/c1-25(2)12-18(8-10-33-25)29-23-21(24(31)28-29)22(34-15-20(30)27-23)17-6-3-7-19(11-17)32-14-16-5-4-9-26-13-16/h3-7,9,11,13,18,22H,8,10,12,14-15H2,1-2H3,(H,27,30)(H,28,31)/t18-,22+/m0/s1. The van der Waals surface area contributed by atoms with Crippen molar-refractivity contribution in [3.8, 4) is 5.75 Å². The Hall–Kier alpha value is -3.04. The Morgan fingerprint density at radius 1 is 1.26 bits per heavy atom. The summed E-state index contributed by atoms with van der Waals surface area (Å²) >= 11 is 1.45. The molecule has 1 aromatic carbocycles. The van der Waals surface area contributed by atoms with Crippen molar-refractivity contribution in [1.82, 2.24) is 14.8 Å². The molecule has 8 nitrogen and oxygen atoms in total. The summed E-state index contributed by atoms with van der Waals surface area (Å²) < 4.78 is 13.7. The molecule has 1 amide bonds. The number of rotatable bonds is 5. The van der Waals surface area contributed by atoms with Gasteiger partial charge in [0.25, 0.3) is 5.56 Å². The minimum Gasteiger partial charge on any atom is -0.489 e. The molecule has 3 aromatic rings. The molecule has 1 saturated heterocycles. The molecule has 0 bridgehead atoms. The van der Waals surface area contributed by atoms with Crippen LogP contribution in [0.4, 0.5) is 5.82 Å². The maximum absolute atomic E-state index is 13.2. The van der Waals surface area contributed by atoms with Crippen LogP contribution >= 0.6 is 11.8 Å². The van der Waals surface area contributed by atoms with E-state index < -0.39 is 0 Å². The second-order valence-electron chi connectivity index (χ2n) is 9.29. The number of benzene rings is 1. The van der Waals surface area contributed by atoms with Crippen LogP contribution < -0.4 is 15.6 Å². The Morgan fingerprint density at radius 2 is 2.15 bits per heavy atom. The number of nitrogens with zero attached hydrogens (tertiary/aromatic N) is 2. The van der Waals surface area contributed by atoms with Crippen molar-refractivity contribution in [2.75, 3.05) is 17.7 Å². The largest absolute Gasteiger partial charge is 0.489 e. The number of aromatic nitrogens is 3. The molecule has 4 heterocycles. The van der Waals surface area contributed by atoms with E-state index in [1.807, 2.05) is 54.9 Å². The molecule has 5 rings (SSSR count). The van der Waals surface area contributed by atoms with Crippen molar-refractivity contribution in [1.29, 1.82) is 0 Å². The predicted molar refractivity (Wildman–Crippen MR) is 131 cm³/mol. The first-order valence-electron chi connectivity index (χ1n) is 11.4. The molecule has 1 fully saturated rings. The van der Waals surface area contributed by atoms with Gasteiger partial charge in [-0.1, -0.05) is 18.2 Å². The van der Waals surface area contributed by atoms with Crippen molar-refractivity contribution >= 4 is 23.5 Å². The number of aromatic amines is 1. The van der Waals surface area contributed by atoms with E-state index in [4.69, 9.17) is 9.47 Å². The number of thioether (sulfide) groups is 1. The first kappa shape index (κ1) is 22.7. The molecule has 0 radical (unpaired) electrons. The number of pyridine rings is 1. The van der Waals surface area contributed by atoms with Gasteiger partial charge in [-0.3, -0.25) is 24.4 Å². The minimum atomic E-state index is -0.297. The van der Waals surface area contributed by atoms with Crippen LogP contribution in [0.15, 0.2) is 53.6 Å². The molecule has 2 atom stereocenters. The first-order chi connectivity index (χ1) is 16.4. The van der Waals surface area contributed by atoms with Crippen molar-refractivity contribution in [3.05, 3.63) is 75.8 Å². The molecule has 0 saturated carbocycles. The van der Waals surface area contributed by atoms with Gasteiger partial charge in [0.1, 0.15) is 18.2 Å². The number of anilines is 1. The molecular weight excluding hydrogens is 452 g/mol. The summed E-state index contributed by atoms with van der Waals surface area (Å²) in [6.07, 6.45) is 5.01. The zero-order chi connectivity index (χ0) is 23.7. The van der Waals surface area contributed by atoms with E-state index in [1.54, 1.807) is 12.4 Å². The van der Waals surface area contributed by atoms with Gasteiger partial charge in [0.2, 0.25) is 5.91 Å². The molecule has 0 aliphatic carbocycles. The summed E-state index contributed by atoms with van der Waals surface area (Å²) in [5.74, 6) is 1.42. The smallest absolute Gasteiger partial charge is 0.270 e. The van der Waals surface area contributed by atoms with Crippen molar-refractivity contribution in [2.24, 2.45) is 0 Å². The van der Waals surface area contributed by atoms with Crippen LogP contribution in [-0.4, -0.2) is 38.6 Å². The van der Waals surface area contributed by atoms with Crippen molar-refractivity contribution < 1.29 is 14.3 Å². The molecule has 2 N–H and O–H groups in total. The van der Waals surface area contributed by atoms with Crippen molar-refractivity contribution in [3.63, 3.8) is 0 Å². The molecule has 34 heavy (non-hydrogen) atoms. The topological polar surface area (TPSA) is 98.2 Å². The highest BCUT2D eigenvalue weighted by molar-refractivity contribution is 8.00. The lowest BCUT2D eigenvalue weighted by molar-refractivity contribution is -0.113. The van der Waals surface area contributed by atoms with Crippen LogP contribution in [0.3, 0.4) is 0 Å². The molecule has 2 aromatic heterocycles. The number of nitrogens with one attached hydrogen (secondary N) is 2. The van der Waals surface area contributed by atoms with Crippen LogP contribution in [0.2, 0.25) is 0 Å². The summed E-state index contributed by atoms with van der Waals surface area (Å²) in [6.45, 7) is 5.10. The van der Waals surface area contributed by atoms with Crippen LogP contribution in [0.5, 0.6) is 5.75 Å². The Labute approximate surface area is 202 Å². The molecule has 9 heteroatoms. The third kappa shape index (κ3) is 4.76. The third-order valence-electron chi connectivity index (χ3n) is 6.19.